The van der Waals surface area contributed by atoms with Gasteiger partial charge in [0, 0.05) is 10.2 Å². The highest BCUT2D eigenvalue weighted by Crippen LogP contribution is 2.37. The van der Waals surface area contributed by atoms with Gasteiger partial charge in [-0.3, -0.25) is 4.99 Å². The number of fused-ring (bicyclic) bond motifs is 1. The van der Waals surface area contributed by atoms with E-state index in [0.717, 1.165) is 16.8 Å². The predicted octanol–water partition coefficient (Wildman–Crippen LogP) is 4.93. The zero-order valence-corrected chi connectivity index (χ0v) is 13.3. The average Bonchev–Trinajstić information content (AvgIpc) is 2.81. The van der Waals surface area contributed by atoms with Crippen molar-refractivity contribution in [1.82, 2.24) is 0 Å². The Morgan fingerprint density at radius 1 is 1.42 bits per heavy atom. The number of halogens is 3. The molecule has 2 aliphatic rings. The van der Waals surface area contributed by atoms with Crippen LogP contribution in [0, 0.1) is 11.7 Å². The third-order valence-electron chi connectivity index (χ3n) is 3.57. The van der Waals surface area contributed by atoms with Gasteiger partial charge < -0.3 is 5.32 Å². The molecule has 0 aromatic heterocycles. The molecular formula is C13H13BrClFN2S. The van der Waals surface area contributed by atoms with E-state index in [0.29, 0.717) is 21.2 Å². The molecule has 0 radical (unpaired) electrons. The Bertz CT molecular complexity index is 514. The second-order valence-electron chi connectivity index (χ2n) is 4.87. The van der Waals surface area contributed by atoms with Crippen LogP contribution in [0.5, 0.6) is 0 Å². The Labute approximate surface area is 129 Å². The van der Waals surface area contributed by atoms with Crippen molar-refractivity contribution in [3.63, 3.8) is 0 Å². The molecule has 1 aliphatic heterocycles. The molecule has 6 heteroatoms. The van der Waals surface area contributed by atoms with Crippen molar-refractivity contribution in [2.45, 2.75) is 25.3 Å². The molecule has 0 saturated heterocycles. The SMILES string of the molecule is Fc1cc(Cl)c(NC2=NC3CCCC3CS2)c(Br)c1. The van der Waals surface area contributed by atoms with Gasteiger partial charge in [0.1, 0.15) is 5.82 Å². The van der Waals surface area contributed by atoms with Crippen molar-refractivity contribution in [3.8, 4) is 0 Å². The maximum Gasteiger partial charge on any atom is 0.161 e. The number of thioether (sulfide) groups is 1. The van der Waals surface area contributed by atoms with Gasteiger partial charge in [0.05, 0.1) is 16.8 Å². The Hall–Kier alpha value is -0.260. The molecule has 2 nitrogen and oxygen atoms in total. The molecule has 1 saturated carbocycles. The molecule has 102 valence electrons. The number of hydrogen-bond acceptors (Lipinski definition) is 3. The second kappa shape index (κ2) is 5.62. The Kier molecular flexibility index (Phi) is 4.06. The Morgan fingerprint density at radius 2 is 2.26 bits per heavy atom. The number of aliphatic imine (C=N–C) groups is 1. The number of nitrogens with one attached hydrogen (secondary N) is 1. The van der Waals surface area contributed by atoms with Crippen LogP contribution in [0.4, 0.5) is 10.1 Å². The van der Waals surface area contributed by atoms with Crippen LogP contribution in [-0.2, 0) is 0 Å². The molecule has 1 aliphatic carbocycles. The summed E-state index contributed by atoms with van der Waals surface area (Å²) >= 11 is 11.1. The molecule has 3 rings (SSSR count). The van der Waals surface area contributed by atoms with Gasteiger partial charge in [-0.25, -0.2) is 4.39 Å². The summed E-state index contributed by atoms with van der Waals surface area (Å²) in [5.41, 5.74) is 0.686. The summed E-state index contributed by atoms with van der Waals surface area (Å²) in [4.78, 5) is 4.74. The van der Waals surface area contributed by atoms with E-state index in [1.807, 2.05) is 0 Å². The molecule has 0 amide bonds. The molecule has 0 spiro atoms. The molecule has 2 unspecified atom stereocenters. The van der Waals surface area contributed by atoms with Crippen LogP contribution in [-0.4, -0.2) is 17.0 Å². The van der Waals surface area contributed by atoms with Crippen molar-refractivity contribution in [1.29, 1.82) is 0 Å². The predicted molar refractivity (Wildman–Crippen MR) is 83.8 cm³/mol. The molecule has 1 fully saturated rings. The largest absolute Gasteiger partial charge is 0.333 e. The van der Waals surface area contributed by atoms with Crippen LogP contribution in [0.3, 0.4) is 0 Å². The number of rotatable bonds is 1. The number of benzene rings is 1. The number of hydrogen-bond donors (Lipinski definition) is 1. The van der Waals surface area contributed by atoms with Crippen molar-refractivity contribution >= 4 is 50.1 Å². The summed E-state index contributed by atoms with van der Waals surface area (Å²) in [5.74, 6) is 1.48. The van der Waals surface area contributed by atoms with E-state index < -0.39 is 0 Å². The molecule has 1 aromatic carbocycles. The first-order chi connectivity index (χ1) is 9.13. The summed E-state index contributed by atoms with van der Waals surface area (Å²) in [6.45, 7) is 0. The first-order valence-electron chi connectivity index (χ1n) is 6.25. The smallest absolute Gasteiger partial charge is 0.161 e. The number of amidine groups is 1. The first-order valence-corrected chi connectivity index (χ1v) is 8.41. The van der Waals surface area contributed by atoms with E-state index in [-0.39, 0.29) is 5.82 Å². The fourth-order valence-corrected chi connectivity index (χ4v) is 4.64. The molecule has 2 atom stereocenters. The zero-order valence-electron chi connectivity index (χ0n) is 10.1. The molecule has 0 bridgehead atoms. The van der Waals surface area contributed by atoms with Crippen LogP contribution >= 0.6 is 39.3 Å². The summed E-state index contributed by atoms with van der Waals surface area (Å²) in [6, 6.07) is 3.16. The lowest BCUT2D eigenvalue weighted by Crippen LogP contribution is -2.25. The van der Waals surface area contributed by atoms with E-state index in [4.69, 9.17) is 16.6 Å². The molecular weight excluding hydrogens is 351 g/mol. The normalized spacial score (nSPS) is 25.9. The highest BCUT2D eigenvalue weighted by Gasteiger charge is 2.31. The van der Waals surface area contributed by atoms with E-state index >= 15 is 0 Å². The van der Waals surface area contributed by atoms with Crippen LogP contribution in [0.25, 0.3) is 0 Å². The van der Waals surface area contributed by atoms with Crippen LogP contribution in [0.1, 0.15) is 19.3 Å². The minimum Gasteiger partial charge on any atom is -0.333 e. The molecule has 1 heterocycles. The van der Waals surface area contributed by atoms with Crippen LogP contribution in [0.2, 0.25) is 5.02 Å². The van der Waals surface area contributed by atoms with E-state index in [1.165, 1.54) is 31.4 Å². The average molecular weight is 364 g/mol. The van der Waals surface area contributed by atoms with Crippen LogP contribution in [0.15, 0.2) is 21.6 Å². The van der Waals surface area contributed by atoms with Gasteiger partial charge in [-0.2, -0.15) is 0 Å². The maximum atomic E-state index is 13.2. The highest BCUT2D eigenvalue weighted by atomic mass is 79.9. The fourth-order valence-electron chi connectivity index (χ4n) is 2.59. The highest BCUT2D eigenvalue weighted by molar-refractivity contribution is 9.10. The number of nitrogens with zero attached hydrogens (tertiary/aromatic N) is 1. The first kappa shape index (κ1) is 13.7. The lowest BCUT2D eigenvalue weighted by atomic mass is 10.1. The number of anilines is 1. The molecule has 19 heavy (non-hydrogen) atoms. The zero-order chi connectivity index (χ0) is 13.4. The van der Waals surface area contributed by atoms with Gasteiger partial charge in [-0.05, 0) is 46.8 Å². The third-order valence-corrected chi connectivity index (χ3v) is 5.57. The lowest BCUT2D eigenvalue weighted by Gasteiger charge is -2.24. The van der Waals surface area contributed by atoms with Crippen molar-refractivity contribution < 1.29 is 4.39 Å². The van der Waals surface area contributed by atoms with Gasteiger partial charge in [0.15, 0.2) is 5.17 Å². The van der Waals surface area contributed by atoms with Gasteiger partial charge in [0.25, 0.3) is 0 Å². The van der Waals surface area contributed by atoms with E-state index in [9.17, 15) is 4.39 Å². The van der Waals surface area contributed by atoms with Gasteiger partial charge in [0.2, 0.25) is 0 Å². The summed E-state index contributed by atoms with van der Waals surface area (Å²) in [6.07, 6.45) is 3.73. The van der Waals surface area contributed by atoms with Crippen molar-refractivity contribution in [2.24, 2.45) is 10.9 Å². The Balaban J connectivity index is 1.82. The minimum absolute atomic E-state index is 0.350. The van der Waals surface area contributed by atoms with E-state index in [1.54, 1.807) is 11.8 Å². The standard InChI is InChI=1S/C13H13BrClFN2S/c14-9-4-8(16)5-10(15)12(9)18-13-17-11-3-1-2-7(11)6-19-13/h4-5,7,11H,1-3,6H2,(H,17,18). The van der Waals surface area contributed by atoms with Gasteiger partial charge >= 0.3 is 0 Å². The fraction of sp³-hybridized carbons (Fsp3) is 0.462. The lowest BCUT2D eigenvalue weighted by molar-refractivity contribution is 0.535. The van der Waals surface area contributed by atoms with Gasteiger partial charge in [-0.15, -0.1) is 0 Å². The third kappa shape index (κ3) is 2.93. The van der Waals surface area contributed by atoms with Gasteiger partial charge in [-0.1, -0.05) is 29.8 Å². The minimum atomic E-state index is -0.350. The summed E-state index contributed by atoms with van der Waals surface area (Å²) in [7, 11) is 0. The molecule has 1 aromatic rings. The maximum absolute atomic E-state index is 13.2. The second-order valence-corrected chi connectivity index (χ2v) is 7.14. The molecule has 1 N–H and O–H groups in total. The monoisotopic (exact) mass is 362 g/mol. The topological polar surface area (TPSA) is 24.4 Å². The Morgan fingerprint density at radius 3 is 3.05 bits per heavy atom. The van der Waals surface area contributed by atoms with Crippen molar-refractivity contribution in [3.05, 3.63) is 27.4 Å². The quantitative estimate of drug-likeness (QED) is 0.765. The summed E-state index contributed by atoms with van der Waals surface area (Å²) < 4.78 is 13.8. The van der Waals surface area contributed by atoms with Crippen LogP contribution < -0.4 is 5.32 Å². The van der Waals surface area contributed by atoms with Crippen molar-refractivity contribution in [2.75, 3.05) is 11.1 Å². The van der Waals surface area contributed by atoms with E-state index in [2.05, 4.69) is 21.2 Å². The summed E-state index contributed by atoms with van der Waals surface area (Å²) in [5, 5.41) is 4.48.